The van der Waals surface area contributed by atoms with Gasteiger partial charge in [0.15, 0.2) is 0 Å². The number of methoxy groups -OCH3 is 2. The first-order valence-electron chi connectivity index (χ1n) is 15.8. The van der Waals surface area contributed by atoms with Crippen LogP contribution in [-0.2, 0) is 16.0 Å². The van der Waals surface area contributed by atoms with Gasteiger partial charge in [-0.1, -0.05) is 6.07 Å². The fraction of sp³-hybridized carbons (Fsp3) is 0.471. The fourth-order valence-corrected chi connectivity index (χ4v) is 6.99. The van der Waals surface area contributed by atoms with Gasteiger partial charge in [-0.2, -0.15) is 10.4 Å². The summed E-state index contributed by atoms with van der Waals surface area (Å²) in [5, 5.41) is 14.2. The highest BCUT2D eigenvalue weighted by molar-refractivity contribution is 5.85. The van der Waals surface area contributed by atoms with Gasteiger partial charge in [-0.3, -0.25) is 4.90 Å². The summed E-state index contributed by atoms with van der Waals surface area (Å²) in [6, 6.07) is 13.4. The molecule has 0 aromatic carbocycles. The number of hydrogen-bond acceptors (Lipinski definition) is 10. The van der Waals surface area contributed by atoms with Crippen LogP contribution in [0, 0.1) is 11.3 Å². The lowest BCUT2D eigenvalue weighted by Gasteiger charge is -2.56. The maximum Gasteiger partial charge on any atom is 0.212 e. The molecule has 4 fully saturated rings. The molecule has 0 radical (unpaired) electrons. The van der Waals surface area contributed by atoms with Crippen molar-refractivity contribution in [1.29, 1.82) is 5.26 Å². The van der Waals surface area contributed by atoms with Gasteiger partial charge in [0.2, 0.25) is 5.88 Å². The van der Waals surface area contributed by atoms with Gasteiger partial charge in [0.05, 0.1) is 49.4 Å². The highest BCUT2D eigenvalue weighted by Gasteiger charge is 2.44. The van der Waals surface area contributed by atoms with E-state index in [9.17, 15) is 5.26 Å². The van der Waals surface area contributed by atoms with Gasteiger partial charge < -0.3 is 23.8 Å². The van der Waals surface area contributed by atoms with E-state index in [1.165, 1.54) is 12.0 Å². The molecule has 7 heterocycles. The zero-order valence-corrected chi connectivity index (χ0v) is 25.8. The monoisotopic (exact) mass is 609 g/mol. The molecule has 0 N–H and O–H groups in total. The van der Waals surface area contributed by atoms with Crippen LogP contribution in [0.3, 0.4) is 0 Å². The Morgan fingerprint density at radius 1 is 0.933 bits per heavy atom. The number of nitriles is 1. The van der Waals surface area contributed by atoms with Gasteiger partial charge >= 0.3 is 0 Å². The molecule has 3 saturated heterocycles. The third-order valence-electron chi connectivity index (χ3n) is 9.47. The van der Waals surface area contributed by atoms with Crippen LogP contribution in [-0.4, -0.2) is 89.3 Å². The summed E-state index contributed by atoms with van der Waals surface area (Å²) in [6.07, 6.45) is 13.1. The molecule has 11 heteroatoms. The first kappa shape index (κ1) is 29.5. The van der Waals surface area contributed by atoms with E-state index in [2.05, 4.69) is 44.2 Å². The Labute approximate surface area is 263 Å². The van der Waals surface area contributed by atoms with Crippen LogP contribution in [0.1, 0.15) is 43.2 Å². The molecule has 45 heavy (non-hydrogen) atoms. The van der Waals surface area contributed by atoms with Crippen molar-refractivity contribution < 1.29 is 18.9 Å². The van der Waals surface area contributed by atoms with Crippen molar-refractivity contribution in [2.45, 2.75) is 62.9 Å². The van der Waals surface area contributed by atoms with E-state index in [1.54, 1.807) is 24.9 Å². The summed E-state index contributed by atoms with van der Waals surface area (Å²) in [6.45, 7) is 3.73. The number of piperidine rings is 1. The van der Waals surface area contributed by atoms with Crippen molar-refractivity contribution in [3.8, 4) is 28.8 Å². The Morgan fingerprint density at radius 3 is 2.44 bits per heavy atom. The molecule has 1 aliphatic carbocycles. The summed E-state index contributed by atoms with van der Waals surface area (Å²) in [4.78, 5) is 14.2. The Bertz CT molecular complexity index is 1630. The van der Waals surface area contributed by atoms with E-state index in [4.69, 9.17) is 23.9 Å². The predicted octanol–water partition coefficient (Wildman–Crippen LogP) is 4.49. The molecular formula is C34H39N7O4. The number of nitrogens with zero attached hydrogens (tertiary/aromatic N) is 7. The summed E-state index contributed by atoms with van der Waals surface area (Å²) in [7, 11) is 3.42. The van der Waals surface area contributed by atoms with E-state index < -0.39 is 0 Å². The minimum absolute atomic E-state index is 0.256. The van der Waals surface area contributed by atoms with Crippen LogP contribution < -0.4 is 14.4 Å². The van der Waals surface area contributed by atoms with E-state index >= 15 is 0 Å². The first-order chi connectivity index (χ1) is 22.1. The molecule has 11 nitrogen and oxygen atoms in total. The summed E-state index contributed by atoms with van der Waals surface area (Å²) >= 11 is 0. The van der Waals surface area contributed by atoms with Crippen molar-refractivity contribution in [2.24, 2.45) is 0 Å². The molecule has 8 rings (SSSR count). The molecule has 1 saturated carbocycles. The third kappa shape index (κ3) is 6.18. The molecule has 2 bridgehead atoms. The van der Waals surface area contributed by atoms with Crippen molar-refractivity contribution in [3.05, 3.63) is 66.2 Å². The van der Waals surface area contributed by atoms with Gasteiger partial charge in [0.25, 0.3) is 0 Å². The number of anilines is 1. The standard InChI is InChI=1S/C34H39N7O4/c1-42-28-5-7-29(8-6-28)44-11-12-45-30-14-31(34-25(15-35)18-38-41(34)22-30)24-4-9-32(36-17-24)39-20-26-13-27(21-39)40(26)19-23-3-10-33(43-2)37-16-23/h3-4,9-10,14,16-18,22,26-29H,5-8,11-13,19-21H2,1-2H3. The van der Waals surface area contributed by atoms with E-state index in [0.717, 1.165) is 67.8 Å². The maximum absolute atomic E-state index is 9.78. The van der Waals surface area contributed by atoms with Crippen LogP contribution in [0.4, 0.5) is 5.82 Å². The summed E-state index contributed by atoms with van der Waals surface area (Å²) < 4.78 is 24.6. The average molecular weight is 610 g/mol. The zero-order valence-electron chi connectivity index (χ0n) is 25.8. The van der Waals surface area contributed by atoms with Crippen LogP contribution in [0.5, 0.6) is 11.6 Å². The van der Waals surface area contributed by atoms with E-state index in [0.29, 0.717) is 48.6 Å². The van der Waals surface area contributed by atoms with E-state index in [-0.39, 0.29) is 6.10 Å². The van der Waals surface area contributed by atoms with Crippen molar-refractivity contribution in [2.75, 3.05) is 45.4 Å². The molecule has 3 aliphatic heterocycles. The van der Waals surface area contributed by atoms with E-state index in [1.807, 2.05) is 30.7 Å². The second kappa shape index (κ2) is 13.0. The van der Waals surface area contributed by atoms with Gasteiger partial charge in [-0.05, 0) is 55.9 Å². The minimum atomic E-state index is 0.256. The Morgan fingerprint density at radius 2 is 1.76 bits per heavy atom. The fourth-order valence-electron chi connectivity index (χ4n) is 6.99. The molecular weight excluding hydrogens is 570 g/mol. The van der Waals surface area contributed by atoms with Crippen LogP contribution in [0.25, 0.3) is 16.6 Å². The quantitative estimate of drug-likeness (QED) is 0.226. The lowest BCUT2D eigenvalue weighted by Crippen LogP contribution is -2.68. The zero-order chi connectivity index (χ0) is 30.8. The van der Waals surface area contributed by atoms with Gasteiger partial charge in [0, 0.05) is 68.4 Å². The normalized spacial score (nSPS) is 23.0. The SMILES string of the molecule is COc1ccc(CN2C3CC2CN(c2ccc(-c4cc(OCCOC5CCC(OC)CC5)cn5ncc(C#N)c45)cn2)C3)cn1. The maximum atomic E-state index is 9.78. The average Bonchev–Trinajstić information content (AvgIpc) is 3.52. The van der Waals surface area contributed by atoms with Gasteiger partial charge in [0.1, 0.15) is 24.2 Å². The summed E-state index contributed by atoms with van der Waals surface area (Å²) in [5.74, 6) is 2.28. The van der Waals surface area contributed by atoms with Gasteiger partial charge in [-0.25, -0.2) is 14.5 Å². The number of aromatic nitrogens is 4. The number of rotatable bonds is 11. The number of ether oxygens (including phenoxy) is 4. The largest absolute Gasteiger partial charge is 0.490 e. The molecule has 4 aliphatic rings. The highest BCUT2D eigenvalue weighted by atomic mass is 16.5. The Hall–Kier alpha value is -4.24. The Kier molecular flexibility index (Phi) is 8.52. The molecule has 234 valence electrons. The van der Waals surface area contributed by atoms with Crippen molar-refractivity contribution >= 4 is 11.3 Å². The Balaban J connectivity index is 1.00. The molecule has 4 aromatic heterocycles. The second-order valence-corrected chi connectivity index (χ2v) is 12.1. The number of hydrogen-bond donors (Lipinski definition) is 0. The summed E-state index contributed by atoms with van der Waals surface area (Å²) in [5.41, 5.74) is 4.23. The highest BCUT2D eigenvalue weighted by Crippen LogP contribution is 2.36. The van der Waals surface area contributed by atoms with Gasteiger partial charge in [-0.15, -0.1) is 0 Å². The van der Waals surface area contributed by atoms with Crippen LogP contribution >= 0.6 is 0 Å². The second-order valence-electron chi connectivity index (χ2n) is 12.1. The number of piperazine rings is 1. The first-order valence-corrected chi connectivity index (χ1v) is 15.8. The van der Waals surface area contributed by atoms with Crippen molar-refractivity contribution in [1.82, 2.24) is 24.5 Å². The predicted molar refractivity (Wildman–Crippen MR) is 168 cm³/mol. The molecule has 2 atom stereocenters. The third-order valence-corrected chi connectivity index (χ3v) is 9.47. The molecule has 4 aromatic rings. The molecule has 2 unspecified atom stereocenters. The number of fused-ring (bicyclic) bond motifs is 3. The minimum Gasteiger partial charge on any atom is -0.490 e. The molecule has 0 amide bonds. The lowest BCUT2D eigenvalue weighted by atomic mass is 9.87. The van der Waals surface area contributed by atoms with Crippen molar-refractivity contribution in [3.63, 3.8) is 0 Å². The topological polar surface area (TPSA) is 110 Å². The van der Waals surface area contributed by atoms with Crippen LogP contribution in [0.2, 0.25) is 0 Å². The molecule has 0 spiro atoms. The number of pyridine rings is 3. The van der Waals surface area contributed by atoms with Crippen LogP contribution in [0.15, 0.2) is 55.1 Å². The smallest absolute Gasteiger partial charge is 0.212 e. The lowest BCUT2D eigenvalue weighted by molar-refractivity contribution is -0.0239.